The Kier molecular flexibility index (Phi) is 4.01. The van der Waals surface area contributed by atoms with Crippen LogP contribution in [0.15, 0.2) is 24.5 Å². The van der Waals surface area contributed by atoms with Crippen LogP contribution in [0, 0.1) is 13.8 Å². The lowest BCUT2D eigenvalue weighted by Gasteiger charge is -2.31. The molecule has 3 rings (SSSR count). The van der Waals surface area contributed by atoms with Crippen molar-refractivity contribution in [1.82, 2.24) is 14.9 Å². The van der Waals surface area contributed by atoms with E-state index in [4.69, 9.17) is 0 Å². The van der Waals surface area contributed by atoms with Crippen LogP contribution in [0.25, 0.3) is 0 Å². The largest absolute Gasteiger partial charge is 0.338 e. The van der Waals surface area contributed by atoms with Gasteiger partial charge in [0.05, 0.1) is 10.7 Å². The van der Waals surface area contributed by atoms with Gasteiger partial charge in [0, 0.05) is 41.8 Å². The average molecular weight is 301 g/mol. The highest BCUT2D eigenvalue weighted by Gasteiger charge is 2.27. The molecular weight excluding hydrogens is 282 g/mol. The zero-order chi connectivity index (χ0) is 14.8. The van der Waals surface area contributed by atoms with E-state index < -0.39 is 0 Å². The molecule has 1 aliphatic heterocycles. The zero-order valence-corrected chi connectivity index (χ0v) is 13.2. The molecule has 2 aromatic heterocycles. The predicted molar refractivity (Wildman–Crippen MR) is 83.7 cm³/mol. The van der Waals surface area contributed by atoms with Gasteiger partial charge >= 0.3 is 0 Å². The third kappa shape index (κ3) is 2.97. The monoisotopic (exact) mass is 301 g/mol. The first-order chi connectivity index (χ1) is 10.1. The fourth-order valence-electron chi connectivity index (χ4n) is 2.71. The zero-order valence-electron chi connectivity index (χ0n) is 12.4. The van der Waals surface area contributed by atoms with Crippen LogP contribution in [-0.2, 0) is 0 Å². The fourth-order valence-corrected chi connectivity index (χ4v) is 3.76. The standard InChI is InChI=1S/C16H19N3OS/c1-11-12(2)21-15(18-11)14-4-3-9-19(10-14)16(20)13-5-7-17-8-6-13/h5-8,14H,3-4,9-10H2,1-2H3. The number of nitrogens with zero attached hydrogens (tertiary/aromatic N) is 3. The molecule has 0 spiro atoms. The highest BCUT2D eigenvalue weighted by Crippen LogP contribution is 2.31. The number of amides is 1. The minimum Gasteiger partial charge on any atom is -0.338 e. The highest BCUT2D eigenvalue weighted by molar-refractivity contribution is 7.11. The van der Waals surface area contributed by atoms with Crippen LogP contribution in [-0.4, -0.2) is 33.9 Å². The first-order valence-electron chi connectivity index (χ1n) is 7.28. The summed E-state index contributed by atoms with van der Waals surface area (Å²) >= 11 is 1.77. The predicted octanol–water partition coefficient (Wildman–Crippen LogP) is 3.17. The minimum atomic E-state index is 0.104. The van der Waals surface area contributed by atoms with Crippen LogP contribution in [0.4, 0.5) is 0 Å². The Labute approximate surface area is 128 Å². The number of piperidine rings is 1. The number of pyridine rings is 1. The van der Waals surface area contributed by atoms with Gasteiger partial charge in [-0.25, -0.2) is 4.98 Å². The van der Waals surface area contributed by atoms with Crippen LogP contribution in [0.5, 0.6) is 0 Å². The number of aryl methyl sites for hydroxylation is 2. The van der Waals surface area contributed by atoms with Crippen molar-refractivity contribution in [3.05, 3.63) is 45.7 Å². The Morgan fingerprint density at radius 3 is 2.76 bits per heavy atom. The maximum Gasteiger partial charge on any atom is 0.253 e. The van der Waals surface area contributed by atoms with Gasteiger partial charge in [-0.05, 0) is 38.8 Å². The molecule has 0 aliphatic carbocycles. The second kappa shape index (κ2) is 5.93. The average Bonchev–Trinajstić information content (AvgIpc) is 2.87. The third-order valence-corrected chi connectivity index (χ3v) is 5.27. The Balaban J connectivity index is 1.75. The van der Waals surface area contributed by atoms with E-state index in [-0.39, 0.29) is 5.91 Å². The molecule has 1 unspecified atom stereocenters. The molecule has 1 aliphatic rings. The van der Waals surface area contributed by atoms with Gasteiger partial charge in [0.15, 0.2) is 0 Å². The molecule has 0 bridgehead atoms. The summed E-state index contributed by atoms with van der Waals surface area (Å²) in [4.78, 5) is 24.4. The van der Waals surface area contributed by atoms with Gasteiger partial charge in [0.25, 0.3) is 5.91 Å². The van der Waals surface area contributed by atoms with Crippen molar-refractivity contribution in [3.63, 3.8) is 0 Å². The fraction of sp³-hybridized carbons (Fsp3) is 0.438. The topological polar surface area (TPSA) is 46.1 Å². The first kappa shape index (κ1) is 14.2. The van der Waals surface area contributed by atoms with Crippen molar-refractivity contribution >= 4 is 17.2 Å². The molecule has 1 atom stereocenters. The summed E-state index contributed by atoms with van der Waals surface area (Å²) < 4.78 is 0. The Morgan fingerprint density at radius 2 is 2.10 bits per heavy atom. The van der Waals surface area contributed by atoms with E-state index in [1.165, 1.54) is 9.88 Å². The van der Waals surface area contributed by atoms with E-state index >= 15 is 0 Å². The lowest BCUT2D eigenvalue weighted by molar-refractivity contribution is 0.0707. The summed E-state index contributed by atoms with van der Waals surface area (Å²) in [5, 5.41) is 1.18. The quantitative estimate of drug-likeness (QED) is 0.856. The molecule has 1 fully saturated rings. The SMILES string of the molecule is Cc1nc(C2CCCN(C(=O)c3ccncc3)C2)sc1C. The number of carbonyl (C=O) groups excluding carboxylic acids is 1. The maximum atomic E-state index is 12.5. The van der Waals surface area contributed by atoms with Gasteiger partial charge in [-0.15, -0.1) is 11.3 Å². The number of hydrogen-bond acceptors (Lipinski definition) is 4. The number of rotatable bonds is 2. The molecule has 0 N–H and O–H groups in total. The van der Waals surface area contributed by atoms with Gasteiger partial charge in [0.2, 0.25) is 0 Å². The van der Waals surface area contributed by atoms with E-state index in [9.17, 15) is 4.79 Å². The van der Waals surface area contributed by atoms with E-state index in [0.29, 0.717) is 5.92 Å². The number of thiazole rings is 1. The Bertz CT molecular complexity index is 619. The van der Waals surface area contributed by atoms with Gasteiger partial charge in [0.1, 0.15) is 0 Å². The van der Waals surface area contributed by atoms with Crippen molar-refractivity contribution in [2.75, 3.05) is 13.1 Å². The number of aromatic nitrogens is 2. The summed E-state index contributed by atoms with van der Waals surface area (Å²) in [7, 11) is 0. The third-order valence-electron chi connectivity index (χ3n) is 4.03. The van der Waals surface area contributed by atoms with E-state index in [0.717, 1.165) is 37.2 Å². The molecule has 2 aromatic rings. The Morgan fingerprint density at radius 1 is 1.33 bits per heavy atom. The normalized spacial score (nSPS) is 18.8. The van der Waals surface area contributed by atoms with Crippen molar-refractivity contribution in [2.24, 2.45) is 0 Å². The number of hydrogen-bond donors (Lipinski definition) is 0. The molecule has 110 valence electrons. The highest BCUT2D eigenvalue weighted by atomic mass is 32.1. The van der Waals surface area contributed by atoms with Gasteiger partial charge in [-0.1, -0.05) is 0 Å². The second-order valence-corrected chi connectivity index (χ2v) is 6.75. The lowest BCUT2D eigenvalue weighted by atomic mass is 9.98. The van der Waals surface area contributed by atoms with Gasteiger partial charge in [-0.2, -0.15) is 0 Å². The van der Waals surface area contributed by atoms with Crippen LogP contribution < -0.4 is 0 Å². The minimum absolute atomic E-state index is 0.104. The van der Waals surface area contributed by atoms with E-state index in [1.54, 1.807) is 35.9 Å². The Hall–Kier alpha value is -1.75. The molecule has 1 amide bonds. The van der Waals surface area contributed by atoms with Crippen molar-refractivity contribution < 1.29 is 4.79 Å². The molecule has 1 saturated heterocycles. The molecule has 0 saturated carbocycles. The van der Waals surface area contributed by atoms with Crippen molar-refractivity contribution in [2.45, 2.75) is 32.6 Å². The number of carbonyl (C=O) groups is 1. The van der Waals surface area contributed by atoms with Crippen LogP contribution in [0.1, 0.15) is 44.7 Å². The summed E-state index contributed by atoms with van der Waals surface area (Å²) in [6.45, 7) is 5.77. The second-order valence-electron chi connectivity index (χ2n) is 5.52. The van der Waals surface area contributed by atoms with Gasteiger partial charge < -0.3 is 4.90 Å². The summed E-state index contributed by atoms with van der Waals surface area (Å²) in [5.74, 6) is 0.481. The van der Waals surface area contributed by atoms with Crippen molar-refractivity contribution in [3.8, 4) is 0 Å². The molecule has 5 heteroatoms. The summed E-state index contributed by atoms with van der Waals surface area (Å²) in [6.07, 6.45) is 5.50. The molecule has 3 heterocycles. The van der Waals surface area contributed by atoms with Crippen LogP contribution in [0.3, 0.4) is 0 Å². The van der Waals surface area contributed by atoms with Crippen LogP contribution in [0.2, 0.25) is 0 Å². The molecular formula is C16H19N3OS. The molecule has 0 aromatic carbocycles. The van der Waals surface area contributed by atoms with Gasteiger partial charge in [-0.3, -0.25) is 9.78 Å². The first-order valence-corrected chi connectivity index (χ1v) is 8.10. The van der Waals surface area contributed by atoms with E-state index in [1.807, 2.05) is 4.90 Å². The smallest absolute Gasteiger partial charge is 0.253 e. The molecule has 0 radical (unpaired) electrons. The van der Waals surface area contributed by atoms with E-state index in [2.05, 4.69) is 23.8 Å². The summed E-state index contributed by atoms with van der Waals surface area (Å²) in [5.41, 5.74) is 1.84. The van der Waals surface area contributed by atoms with Crippen LogP contribution >= 0.6 is 11.3 Å². The molecule has 4 nitrogen and oxygen atoms in total. The summed E-state index contributed by atoms with van der Waals surface area (Å²) in [6, 6.07) is 3.56. The maximum absolute atomic E-state index is 12.5. The molecule has 21 heavy (non-hydrogen) atoms. The lowest BCUT2D eigenvalue weighted by Crippen LogP contribution is -2.39. The van der Waals surface area contributed by atoms with Crippen molar-refractivity contribution in [1.29, 1.82) is 0 Å². The number of likely N-dealkylation sites (tertiary alicyclic amines) is 1.